The van der Waals surface area contributed by atoms with Crippen molar-refractivity contribution < 1.29 is 17.2 Å². The zero-order chi connectivity index (χ0) is 15.6. The van der Waals surface area contributed by atoms with E-state index in [0.717, 1.165) is 18.3 Å². The van der Waals surface area contributed by atoms with Gasteiger partial charge in [-0.15, -0.1) is 0 Å². The van der Waals surface area contributed by atoms with E-state index in [4.69, 9.17) is 0 Å². The summed E-state index contributed by atoms with van der Waals surface area (Å²) in [6.07, 6.45) is 1.11. The van der Waals surface area contributed by atoms with E-state index in [1.165, 1.54) is 12.1 Å². The summed E-state index contributed by atoms with van der Waals surface area (Å²) in [6.45, 7) is 0. The Morgan fingerprint density at radius 3 is 2.48 bits per heavy atom. The first-order valence-corrected chi connectivity index (χ1v) is 7.92. The number of anilines is 2. The van der Waals surface area contributed by atoms with Crippen molar-refractivity contribution >= 4 is 37.5 Å². The zero-order valence-corrected chi connectivity index (χ0v) is 13.1. The predicted octanol–water partition coefficient (Wildman–Crippen LogP) is 2.96. The molecule has 0 spiro atoms. The highest BCUT2D eigenvalue weighted by Crippen LogP contribution is 2.25. The molecule has 0 bridgehead atoms. The molecule has 2 aromatic rings. The number of hydrogen-bond donors (Lipinski definition) is 2. The number of hydrogen-bond acceptors (Lipinski definition) is 4. The highest BCUT2D eigenvalue weighted by molar-refractivity contribution is 9.10. The number of rotatable bonds is 4. The van der Waals surface area contributed by atoms with Crippen LogP contribution in [0.4, 0.5) is 20.3 Å². The molecule has 0 saturated heterocycles. The van der Waals surface area contributed by atoms with Crippen LogP contribution in [0, 0.1) is 11.6 Å². The highest BCUT2D eigenvalue weighted by atomic mass is 79.9. The van der Waals surface area contributed by atoms with Crippen LogP contribution in [-0.4, -0.2) is 20.4 Å². The van der Waals surface area contributed by atoms with Crippen LogP contribution in [0.1, 0.15) is 0 Å². The lowest BCUT2D eigenvalue weighted by Gasteiger charge is -2.10. The average molecular weight is 378 g/mol. The van der Waals surface area contributed by atoms with Crippen LogP contribution >= 0.6 is 15.9 Å². The number of nitrogens with one attached hydrogen (secondary N) is 2. The number of aromatic nitrogens is 1. The third kappa shape index (κ3) is 3.48. The minimum absolute atomic E-state index is 0.0945. The number of sulfonamides is 1. The zero-order valence-electron chi connectivity index (χ0n) is 10.7. The van der Waals surface area contributed by atoms with Gasteiger partial charge in [-0.05, 0) is 34.1 Å². The van der Waals surface area contributed by atoms with Crippen LogP contribution in [0.5, 0.6) is 0 Å². The van der Waals surface area contributed by atoms with Gasteiger partial charge in [-0.3, -0.25) is 4.72 Å². The molecule has 0 aliphatic rings. The van der Waals surface area contributed by atoms with Gasteiger partial charge in [0, 0.05) is 19.3 Å². The van der Waals surface area contributed by atoms with Crippen LogP contribution in [0.25, 0.3) is 0 Å². The minimum atomic E-state index is -4.05. The topological polar surface area (TPSA) is 71.1 Å². The van der Waals surface area contributed by atoms with E-state index in [1.807, 2.05) is 4.72 Å². The third-order valence-corrected chi connectivity index (χ3v) is 4.52. The quantitative estimate of drug-likeness (QED) is 0.803. The van der Waals surface area contributed by atoms with Crippen molar-refractivity contribution in [2.24, 2.45) is 0 Å². The van der Waals surface area contributed by atoms with Crippen molar-refractivity contribution in [1.29, 1.82) is 0 Å². The van der Waals surface area contributed by atoms with Crippen LogP contribution < -0.4 is 10.0 Å². The summed E-state index contributed by atoms with van der Waals surface area (Å²) >= 11 is 2.81. The smallest absolute Gasteiger partial charge is 0.263 e. The molecule has 1 aromatic heterocycles. The highest BCUT2D eigenvalue weighted by Gasteiger charge is 2.18. The molecule has 5 nitrogen and oxygen atoms in total. The van der Waals surface area contributed by atoms with E-state index in [-0.39, 0.29) is 9.37 Å². The molecule has 0 fully saturated rings. The second kappa shape index (κ2) is 5.94. The molecule has 0 unspecified atom stereocenters. The van der Waals surface area contributed by atoms with Gasteiger partial charge in [-0.25, -0.2) is 22.2 Å². The second-order valence-corrected chi connectivity index (χ2v) is 6.52. The Bertz CT molecular complexity index is 767. The molecule has 112 valence electrons. The average Bonchev–Trinajstić information content (AvgIpc) is 2.44. The van der Waals surface area contributed by atoms with Crippen molar-refractivity contribution in [2.75, 3.05) is 17.1 Å². The summed E-state index contributed by atoms with van der Waals surface area (Å²) in [5.41, 5.74) is -0.478. The molecule has 0 saturated carbocycles. The van der Waals surface area contributed by atoms with Gasteiger partial charge in [0.05, 0.1) is 10.2 Å². The Hall–Kier alpha value is -1.74. The molecule has 1 aromatic carbocycles. The number of benzene rings is 1. The monoisotopic (exact) mass is 377 g/mol. The fourth-order valence-electron chi connectivity index (χ4n) is 1.49. The third-order valence-electron chi connectivity index (χ3n) is 2.56. The molecule has 0 aliphatic carbocycles. The van der Waals surface area contributed by atoms with Gasteiger partial charge in [0.15, 0.2) is 0 Å². The van der Waals surface area contributed by atoms with Crippen molar-refractivity contribution in [3.8, 4) is 0 Å². The van der Waals surface area contributed by atoms with Crippen molar-refractivity contribution in [1.82, 2.24) is 4.98 Å². The molecular weight excluding hydrogens is 368 g/mol. The first-order valence-electron chi connectivity index (χ1n) is 5.64. The molecule has 9 heteroatoms. The molecule has 0 atom stereocenters. The second-order valence-electron chi connectivity index (χ2n) is 3.98. The maximum atomic E-state index is 13.6. The minimum Gasteiger partial charge on any atom is -0.373 e. The van der Waals surface area contributed by atoms with Gasteiger partial charge in [0.1, 0.15) is 22.3 Å². The Labute approximate surface area is 128 Å². The summed E-state index contributed by atoms with van der Waals surface area (Å²) in [5.74, 6) is -1.20. The number of pyridine rings is 1. The molecule has 0 aliphatic heterocycles. The molecular formula is C12H10BrF2N3O2S. The fourth-order valence-corrected chi connectivity index (χ4v) is 2.81. The molecule has 1 heterocycles. The molecule has 21 heavy (non-hydrogen) atoms. The van der Waals surface area contributed by atoms with E-state index < -0.39 is 27.3 Å². The van der Waals surface area contributed by atoms with Crippen molar-refractivity contribution in [3.05, 3.63) is 46.6 Å². The standard InChI is InChI=1S/C12H10BrF2N3O2S/c1-16-12-3-2-7(6-17-12)21(19,20)18-11-5-9(14)8(13)4-10(11)15/h2-6,18H,1H3,(H,16,17). The first-order chi connectivity index (χ1) is 9.83. The maximum absolute atomic E-state index is 13.6. The van der Waals surface area contributed by atoms with Crippen LogP contribution in [0.15, 0.2) is 39.8 Å². The van der Waals surface area contributed by atoms with E-state index in [2.05, 4.69) is 26.2 Å². The van der Waals surface area contributed by atoms with E-state index in [0.29, 0.717) is 5.82 Å². The summed E-state index contributed by atoms with van der Waals surface area (Å²) < 4.78 is 53.1. The predicted molar refractivity (Wildman–Crippen MR) is 78.7 cm³/mol. The van der Waals surface area contributed by atoms with Gasteiger partial charge in [-0.2, -0.15) is 0 Å². The van der Waals surface area contributed by atoms with Gasteiger partial charge < -0.3 is 5.32 Å². The van der Waals surface area contributed by atoms with Crippen LogP contribution in [-0.2, 0) is 10.0 Å². The SMILES string of the molecule is CNc1ccc(S(=O)(=O)Nc2cc(F)c(Br)cc2F)cn1. The number of nitrogens with zero attached hydrogens (tertiary/aromatic N) is 1. The molecule has 2 N–H and O–H groups in total. The Morgan fingerprint density at radius 2 is 1.90 bits per heavy atom. The number of halogens is 3. The van der Waals surface area contributed by atoms with Crippen molar-refractivity contribution in [3.63, 3.8) is 0 Å². The largest absolute Gasteiger partial charge is 0.373 e. The fraction of sp³-hybridized carbons (Fsp3) is 0.0833. The van der Waals surface area contributed by atoms with E-state index in [9.17, 15) is 17.2 Å². The lowest BCUT2D eigenvalue weighted by Crippen LogP contribution is -2.14. The van der Waals surface area contributed by atoms with E-state index in [1.54, 1.807) is 7.05 Å². The van der Waals surface area contributed by atoms with Crippen LogP contribution in [0.3, 0.4) is 0 Å². The summed E-state index contributed by atoms with van der Waals surface area (Å²) in [4.78, 5) is 3.69. The normalized spacial score (nSPS) is 11.2. The van der Waals surface area contributed by atoms with Crippen molar-refractivity contribution in [2.45, 2.75) is 4.90 Å². The lowest BCUT2D eigenvalue weighted by molar-refractivity contribution is 0.591. The summed E-state index contributed by atoms with van der Waals surface area (Å²) in [6, 6.07) is 4.35. The Balaban J connectivity index is 2.34. The van der Waals surface area contributed by atoms with Gasteiger partial charge in [-0.1, -0.05) is 0 Å². The maximum Gasteiger partial charge on any atom is 0.263 e. The molecule has 2 rings (SSSR count). The van der Waals surface area contributed by atoms with Gasteiger partial charge in [0.25, 0.3) is 10.0 Å². The first kappa shape index (κ1) is 15.6. The Morgan fingerprint density at radius 1 is 1.19 bits per heavy atom. The summed E-state index contributed by atoms with van der Waals surface area (Å²) in [5, 5.41) is 2.74. The van der Waals surface area contributed by atoms with Gasteiger partial charge >= 0.3 is 0 Å². The lowest BCUT2D eigenvalue weighted by atomic mass is 10.3. The van der Waals surface area contributed by atoms with Gasteiger partial charge in [0.2, 0.25) is 0 Å². The molecule has 0 radical (unpaired) electrons. The summed E-state index contributed by atoms with van der Waals surface area (Å²) in [7, 11) is -2.42. The Kier molecular flexibility index (Phi) is 4.43. The molecule has 0 amide bonds. The van der Waals surface area contributed by atoms with Crippen LogP contribution in [0.2, 0.25) is 0 Å². The van der Waals surface area contributed by atoms with E-state index >= 15 is 0 Å².